The highest BCUT2D eigenvalue weighted by molar-refractivity contribution is 6.05. The van der Waals surface area contributed by atoms with E-state index in [2.05, 4.69) is 10.3 Å². The maximum atomic E-state index is 12.3. The number of nitrogens with zero attached hydrogens (tertiary/aromatic N) is 2. The SMILES string of the molecule is CC(=O)c1ccc(NC(=O)c2ccn3cc(C)nc3c2)cc1. The molecule has 0 saturated heterocycles. The summed E-state index contributed by atoms with van der Waals surface area (Å²) in [5, 5.41) is 2.81. The Balaban J connectivity index is 1.81. The Labute approximate surface area is 127 Å². The first-order valence-electron chi connectivity index (χ1n) is 6.90. The van der Waals surface area contributed by atoms with Crippen LogP contribution in [0.25, 0.3) is 5.65 Å². The van der Waals surface area contributed by atoms with E-state index >= 15 is 0 Å². The second-order valence-corrected chi connectivity index (χ2v) is 5.15. The number of hydrogen-bond donors (Lipinski definition) is 1. The van der Waals surface area contributed by atoms with Crippen molar-refractivity contribution in [3.63, 3.8) is 0 Å². The van der Waals surface area contributed by atoms with Crippen molar-refractivity contribution < 1.29 is 9.59 Å². The molecule has 5 heteroatoms. The van der Waals surface area contributed by atoms with E-state index in [1.165, 1.54) is 6.92 Å². The minimum atomic E-state index is -0.210. The quantitative estimate of drug-likeness (QED) is 0.755. The van der Waals surface area contributed by atoms with Crippen LogP contribution >= 0.6 is 0 Å². The summed E-state index contributed by atoms with van der Waals surface area (Å²) < 4.78 is 1.87. The van der Waals surface area contributed by atoms with E-state index in [9.17, 15) is 9.59 Å². The van der Waals surface area contributed by atoms with Crippen molar-refractivity contribution in [2.24, 2.45) is 0 Å². The van der Waals surface area contributed by atoms with Crippen LogP contribution in [0.1, 0.15) is 33.3 Å². The molecule has 3 rings (SSSR count). The van der Waals surface area contributed by atoms with Crippen molar-refractivity contribution in [1.82, 2.24) is 9.38 Å². The topological polar surface area (TPSA) is 63.5 Å². The lowest BCUT2D eigenvalue weighted by atomic mass is 10.1. The molecule has 22 heavy (non-hydrogen) atoms. The van der Waals surface area contributed by atoms with E-state index < -0.39 is 0 Å². The highest BCUT2D eigenvalue weighted by Crippen LogP contribution is 2.13. The molecule has 0 aliphatic carbocycles. The van der Waals surface area contributed by atoms with Crippen LogP contribution in [0.4, 0.5) is 5.69 Å². The number of carbonyl (C=O) groups is 2. The molecule has 1 amide bonds. The second-order valence-electron chi connectivity index (χ2n) is 5.15. The molecule has 0 atom stereocenters. The fourth-order valence-electron chi connectivity index (χ4n) is 2.24. The smallest absolute Gasteiger partial charge is 0.255 e. The first-order valence-corrected chi connectivity index (χ1v) is 6.90. The molecule has 1 N–H and O–H groups in total. The number of pyridine rings is 1. The van der Waals surface area contributed by atoms with Gasteiger partial charge in [0.25, 0.3) is 5.91 Å². The van der Waals surface area contributed by atoms with Gasteiger partial charge in [0, 0.05) is 29.2 Å². The lowest BCUT2D eigenvalue weighted by Crippen LogP contribution is -2.12. The Morgan fingerprint density at radius 2 is 1.82 bits per heavy atom. The number of carbonyl (C=O) groups excluding carboxylic acids is 2. The van der Waals surface area contributed by atoms with Crippen LogP contribution in [0.15, 0.2) is 48.8 Å². The average molecular weight is 293 g/mol. The normalized spacial score (nSPS) is 10.6. The molecule has 0 bridgehead atoms. The van der Waals surface area contributed by atoms with E-state index in [4.69, 9.17) is 0 Å². The van der Waals surface area contributed by atoms with E-state index in [0.29, 0.717) is 16.8 Å². The summed E-state index contributed by atoms with van der Waals surface area (Å²) in [4.78, 5) is 27.8. The molecule has 110 valence electrons. The minimum Gasteiger partial charge on any atom is -0.322 e. The van der Waals surface area contributed by atoms with Crippen molar-refractivity contribution in [3.8, 4) is 0 Å². The third-order valence-electron chi connectivity index (χ3n) is 3.39. The van der Waals surface area contributed by atoms with Crippen molar-refractivity contribution in [2.45, 2.75) is 13.8 Å². The Morgan fingerprint density at radius 1 is 1.09 bits per heavy atom. The van der Waals surface area contributed by atoms with Gasteiger partial charge in [-0.25, -0.2) is 4.98 Å². The molecule has 2 heterocycles. The number of nitrogens with one attached hydrogen (secondary N) is 1. The molecule has 0 spiro atoms. The highest BCUT2D eigenvalue weighted by atomic mass is 16.1. The number of imidazole rings is 1. The van der Waals surface area contributed by atoms with Crippen LogP contribution in [0, 0.1) is 6.92 Å². The number of aryl methyl sites for hydroxylation is 1. The Hall–Kier alpha value is -2.95. The highest BCUT2D eigenvalue weighted by Gasteiger charge is 2.08. The van der Waals surface area contributed by atoms with E-state index in [1.54, 1.807) is 36.4 Å². The zero-order valence-electron chi connectivity index (χ0n) is 12.3. The van der Waals surface area contributed by atoms with Crippen molar-refractivity contribution in [3.05, 3.63) is 65.6 Å². The minimum absolute atomic E-state index is 0.00185. The van der Waals surface area contributed by atoms with Gasteiger partial charge in [0.15, 0.2) is 5.78 Å². The summed E-state index contributed by atoms with van der Waals surface area (Å²) in [7, 11) is 0. The molecule has 0 radical (unpaired) electrons. The molecule has 0 unspecified atom stereocenters. The molecular formula is C17H15N3O2. The number of Topliss-reactive ketones (excluding diaryl/α,β-unsaturated/α-hetero) is 1. The van der Waals surface area contributed by atoms with Gasteiger partial charge < -0.3 is 9.72 Å². The Kier molecular flexibility index (Phi) is 3.47. The molecule has 5 nitrogen and oxygen atoms in total. The van der Waals surface area contributed by atoms with Crippen LogP contribution in [0.2, 0.25) is 0 Å². The van der Waals surface area contributed by atoms with Crippen molar-refractivity contribution >= 4 is 23.0 Å². The van der Waals surface area contributed by atoms with Crippen LogP contribution in [0.5, 0.6) is 0 Å². The van der Waals surface area contributed by atoms with Gasteiger partial charge in [-0.3, -0.25) is 9.59 Å². The summed E-state index contributed by atoms with van der Waals surface area (Å²) in [5.41, 5.74) is 3.44. The van der Waals surface area contributed by atoms with Gasteiger partial charge in [0.1, 0.15) is 5.65 Å². The molecule has 0 aliphatic rings. The fraction of sp³-hybridized carbons (Fsp3) is 0.118. The third-order valence-corrected chi connectivity index (χ3v) is 3.39. The van der Waals surface area contributed by atoms with Gasteiger partial charge in [-0.2, -0.15) is 0 Å². The lowest BCUT2D eigenvalue weighted by Gasteiger charge is -2.06. The molecular weight excluding hydrogens is 278 g/mol. The molecule has 0 aliphatic heterocycles. The van der Waals surface area contributed by atoms with Crippen molar-refractivity contribution in [2.75, 3.05) is 5.32 Å². The number of benzene rings is 1. The van der Waals surface area contributed by atoms with Crippen LogP contribution < -0.4 is 5.32 Å². The number of hydrogen-bond acceptors (Lipinski definition) is 3. The lowest BCUT2D eigenvalue weighted by molar-refractivity contribution is 0.101. The average Bonchev–Trinajstić information content (AvgIpc) is 2.86. The summed E-state index contributed by atoms with van der Waals surface area (Å²) >= 11 is 0. The Morgan fingerprint density at radius 3 is 2.50 bits per heavy atom. The maximum Gasteiger partial charge on any atom is 0.255 e. The molecule has 2 aromatic heterocycles. The predicted octanol–water partition coefficient (Wildman–Crippen LogP) is 3.10. The summed E-state index contributed by atoms with van der Waals surface area (Å²) in [5.74, 6) is -0.211. The molecule has 3 aromatic rings. The zero-order chi connectivity index (χ0) is 15.7. The number of amides is 1. The van der Waals surface area contributed by atoms with Crippen LogP contribution in [-0.2, 0) is 0 Å². The molecule has 0 saturated carbocycles. The number of ketones is 1. The first kappa shape index (κ1) is 14.0. The molecule has 1 aromatic carbocycles. The van der Waals surface area contributed by atoms with E-state index in [1.807, 2.05) is 23.7 Å². The summed E-state index contributed by atoms with van der Waals surface area (Å²) in [6, 6.07) is 10.3. The van der Waals surface area contributed by atoms with Crippen LogP contribution in [-0.4, -0.2) is 21.1 Å². The summed E-state index contributed by atoms with van der Waals surface area (Å²) in [6.45, 7) is 3.42. The van der Waals surface area contributed by atoms with E-state index in [-0.39, 0.29) is 11.7 Å². The van der Waals surface area contributed by atoms with Gasteiger partial charge in [-0.1, -0.05) is 0 Å². The predicted molar refractivity (Wildman–Crippen MR) is 84.3 cm³/mol. The maximum absolute atomic E-state index is 12.3. The Bertz CT molecular complexity index is 863. The van der Waals surface area contributed by atoms with Crippen molar-refractivity contribution in [1.29, 1.82) is 0 Å². The number of anilines is 1. The largest absolute Gasteiger partial charge is 0.322 e. The van der Waals surface area contributed by atoms with Gasteiger partial charge in [0.05, 0.1) is 5.69 Å². The van der Waals surface area contributed by atoms with Gasteiger partial charge in [-0.15, -0.1) is 0 Å². The van der Waals surface area contributed by atoms with E-state index in [0.717, 1.165) is 11.3 Å². The third kappa shape index (κ3) is 2.74. The van der Waals surface area contributed by atoms with Gasteiger partial charge in [0.2, 0.25) is 0 Å². The van der Waals surface area contributed by atoms with Crippen LogP contribution in [0.3, 0.4) is 0 Å². The number of fused-ring (bicyclic) bond motifs is 1. The monoisotopic (exact) mass is 293 g/mol. The zero-order valence-corrected chi connectivity index (χ0v) is 12.3. The number of rotatable bonds is 3. The standard InChI is InChI=1S/C17H15N3O2/c1-11-10-20-8-7-14(9-16(20)18-11)17(22)19-15-5-3-13(4-6-15)12(2)21/h3-10H,1-2H3,(H,19,22). The number of aromatic nitrogens is 2. The molecule has 0 fully saturated rings. The summed E-state index contributed by atoms with van der Waals surface area (Å²) in [6.07, 6.45) is 3.71. The van der Waals surface area contributed by atoms with Gasteiger partial charge in [-0.05, 0) is 50.2 Å². The van der Waals surface area contributed by atoms with Gasteiger partial charge >= 0.3 is 0 Å². The first-order chi connectivity index (χ1) is 10.5. The fourth-order valence-corrected chi connectivity index (χ4v) is 2.24. The second kappa shape index (κ2) is 5.44.